The van der Waals surface area contributed by atoms with Gasteiger partial charge < -0.3 is 9.64 Å². The fourth-order valence-corrected chi connectivity index (χ4v) is 4.89. The fraction of sp³-hybridized carbons (Fsp3) is 0.429. The number of esters is 1. The van der Waals surface area contributed by atoms with E-state index in [-0.39, 0.29) is 17.7 Å². The molecule has 0 radical (unpaired) electrons. The highest BCUT2D eigenvalue weighted by atomic mass is 16.5. The molecule has 1 aliphatic heterocycles. The summed E-state index contributed by atoms with van der Waals surface area (Å²) < 4.78 is 6.38. The van der Waals surface area contributed by atoms with Gasteiger partial charge in [-0.25, -0.2) is 4.79 Å². The molecule has 0 spiro atoms. The van der Waals surface area contributed by atoms with Crippen LogP contribution in [0.3, 0.4) is 0 Å². The summed E-state index contributed by atoms with van der Waals surface area (Å²) in [7, 11) is 1.35. The van der Waals surface area contributed by atoms with Crippen LogP contribution in [-0.4, -0.2) is 62.2 Å². The second-order valence-corrected chi connectivity index (χ2v) is 9.75. The van der Waals surface area contributed by atoms with E-state index < -0.39 is 11.6 Å². The van der Waals surface area contributed by atoms with Crippen molar-refractivity contribution < 1.29 is 19.1 Å². The quantitative estimate of drug-likeness (QED) is 0.337. The molecule has 2 aromatic carbocycles. The molecule has 1 saturated heterocycles. The molecule has 1 aliphatic rings. The van der Waals surface area contributed by atoms with E-state index in [1.54, 1.807) is 4.90 Å². The first-order chi connectivity index (χ1) is 18.3. The Labute approximate surface area is 222 Å². The standard InChI is InChI=1S/C28H34N6O4/c1-5-9-24(35)34-25(30-31-32-34)23-11-7-6-10-22(23)21-14-12-20(13-15-21)18-29-28(27(37)38-4)16-8-17-33(28)26(36)19(2)3/h6-7,10-15,19,29H,5,8-9,16-18H2,1-4H3. The molecule has 0 saturated carbocycles. The van der Waals surface area contributed by atoms with Crippen LogP contribution in [0.4, 0.5) is 0 Å². The molecular formula is C28H34N6O4. The normalized spacial score (nSPS) is 17.1. The predicted octanol–water partition coefficient (Wildman–Crippen LogP) is 3.68. The van der Waals surface area contributed by atoms with Crippen molar-refractivity contribution in [3.05, 3.63) is 54.1 Å². The molecule has 1 atom stereocenters. The number of hydrogen-bond acceptors (Lipinski definition) is 8. The molecule has 38 heavy (non-hydrogen) atoms. The molecule has 1 unspecified atom stereocenters. The van der Waals surface area contributed by atoms with Crippen molar-refractivity contribution >= 4 is 17.8 Å². The number of likely N-dealkylation sites (tertiary alicyclic amines) is 1. The van der Waals surface area contributed by atoms with Crippen molar-refractivity contribution in [2.75, 3.05) is 13.7 Å². The zero-order valence-corrected chi connectivity index (χ0v) is 22.3. The van der Waals surface area contributed by atoms with E-state index in [0.717, 1.165) is 28.7 Å². The van der Waals surface area contributed by atoms with Gasteiger partial charge in [0.1, 0.15) is 0 Å². The summed E-state index contributed by atoms with van der Waals surface area (Å²) in [5.41, 5.74) is 2.35. The monoisotopic (exact) mass is 518 g/mol. The van der Waals surface area contributed by atoms with Gasteiger partial charge in [0.05, 0.1) is 7.11 Å². The van der Waals surface area contributed by atoms with Crippen molar-refractivity contribution in [2.45, 2.75) is 58.7 Å². The minimum Gasteiger partial charge on any atom is -0.466 e. The number of aromatic nitrogens is 4. The number of rotatable bonds is 9. The second-order valence-electron chi connectivity index (χ2n) is 9.75. The molecule has 1 aromatic heterocycles. The van der Waals surface area contributed by atoms with E-state index in [9.17, 15) is 14.4 Å². The van der Waals surface area contributed by atoms with Crippen LogP contribution in [-0.2, 0) is 20.9 Å². The highest BCUT2D eigenvalue weighted by molar-refractivity contribution is 5.89. The molecule has 4 rings (SSSR count). The number of tetrazole rings is 1. The first-order valence-electron chi connectivity index (χ1n) is 13.0. The molecule has 10 nitrogen and oxygen atoms in total. The number of carbonyl (C=O) groups excluding carboxylic acids is 3. The van der Waals surface area contributed by atoms with E-state index in [1.807, 2.05) is 69.3 Å². The van der Waals surface area contributed by atoms with Crippen molar-refractivity contribution in [1.82, 2.24) is 30.4 Å². The lowest BCUT2D eigenvalue weighted by Gasteiger charge is -2.37. The van der Waals surface area contributed by atoms with Gasteiger partial charge in [-0.3, -0.25) is 14.9 Å². The first-order valence-corrected chi connectivity index (χ1v) is 13.0. The number of amides is 1. The molecule has 10 heteroatoms. The number of nitrogens with zero attached hydrogens (tertiary/aromatic N) is 5. The third kappa shape index (κ3) is 5.22. The van der Waals surface area contributed by atoms with Crippen LogP contribution in [0, 0.1) is 5.92 Å². The van der Waals surface area contributed by atoms with Crippen LogP contribution in [0.15, 0.2) is 48.5 Å². The van der Waals surface area contributed by atoms with Gasteiger partial charge in [-0.15, -0.1) is 5.10 Å². The Morgan fingerprint density at radius 3 is 2.45 bits per heavy atom. The maximum atomic E-state index is 12.9. The number of ether oxygens (including phenoxy) is 1. The fourth-order valence-electron chi connectivity index (χ4n) is 4.89. The lowest BCUT2D eigenvalue weighted by molar-refractivity contribution is -0.163. The topological polar surface area (TPSA) is 119 Å². The van der Waals surface area contributed by atoms with Crippen LogP contribution < -0.4 is 5.32 Å². The van der Waals surface area contributed by atoms with Gasteiger partial charge >= 0.3 is 5.97 Å². The van der Waals surface area contributed by atoms with Crippen molar-refractivity contribution in [3.63, 3.8) is 0 Å². The SMILES string of the molecule is CCCC(=O)n1nnnc1-c1ccccc1-c1ccc(CNC2(C(=O)OC)CCCN2C(=O)C(C)C)cc1. The Morgan fingerprint density at radius 1 is 1.08 bits per heavy atom. The summed E-state index contributed by atoms with van der Waals surface area (Å²) in [5.74, 6) is -0.505. The molecule has 0 bridgehead atoms. The highest BCUT2D eigenvalue weighted by Crippen LogP contribution is 2.32. The first kappa shape index (κ1) is 27.1. The maximum absolute atomic E-state index is 12.9. The third-order valence-corrected chi connectivity index (χ3v) is 6.85. The summed E-state index contributed by atoms with van der Waals surface area (Å²) in [6, 6.07) is 15.6. The van der Waals surface area contributed by atoms with Gasteiger partial charge in [0.25, 0.3) is 0 Å². The summed E-state index contributed by atoms with van der Waals surface area (Å²) in [6.07, 6.45) is 2.27. The zero-order chi connectivity index (χ0) is 27.3. The average Bonchev–Trinajstić information content (AvgIpc) is 3.60. The Morgan fingerprint density at radius 2 is 1.79 bits per heavy atom. The van der Waals surface area contributed by atoms with Gasteiger partial charge in [0.15, 0.2) is 11.5 Å². The summed E-state index contributed by atoms with van der Waals surface area (Å²) in [5, 5.41) is 15.1. The number of nitrogens with one attached hydrogen (secondary N) is 1. The highest BCUT2D eigenvalue weighted by Gasteiger charge is 2.50. The average molecular weight is 519 g/mol. The summed E-state index contributed by atoms with van der Waals surface area (Å²) in [4.78, 5) is 39.9. The van der Waals surface area contributed by atoms with Crippen LogP contribution in [0.25, 0.3) is 22.5 Å². The van der Waals surface area contributed by atoms with Crippen LogP contribution >= 0.6 is 0 Å². The van der Waals surface area contributed by atoms with Crippen LogP contribution in [0.1, 0.15) is 56.8 Å². The van der Waals surface area contributed by atoms with Gasteiger partial charge in [-0.2, -0.15) is 4.68 Å². The Bertz CT molecular complexity index is 1300. The minimum absolute atomic E-state index is 0.0767. The number of carbonyl (C=O) groups is 3. The van der Waals surface area contributed by atoms with Gasteiger partial charge in [-0.05, 0) is 46.4 Å². The third-order valence-electron chi connectivity index (χ3n) is 6.85. The molecule has 1 amide bonds. The minimum atomic E-state index is -1.18. The van der Waals surface area contributed by atoms with Crippen LogP contribution in [0.2, 0.25) is 0 Å². The molecule has 1 N–H and O–H groups in total. The van der Waals surface area contributed by atoms with E-state index in [4.69, 9.17) is 4.74 Å². The van der Waals surface area contributed by atoms with E-state index in [0.29, 0.717) is 38.2 Å². The van der Waals surface area contributed by atoms with Gasteiger partial charge in [0.2, 0.25) is 11.8 Å². The molecule has 2 heterocycles. The maximum Gasteiger partial charge on any atom is 0.347 e. The molecule has 200 valence electrons. The van der Waals surface area contributed by atoms with Crippen molar-refractivity contribution in [3.8, 4) is 22.5 Å². The molecular weight excluding hydrogens is 484 g/mol. The number of methoxy groups -OCH3 is 1. The van der Waals surface area contributed by atoms with E-state index >= 15 is 0 Å². The summed E-state index contributed by atoms with van der Waals surface area (Å²) in [6.45, 7) is 6.48. The van der Waals surface area contributed by atoms with E-state index in [1.165, 1.54) is 11.8 Å². The number of benzene rings is 2. The van der Waals surface area contributed by atoms with Crippen LogP contribution in [0.5, 0.6) is 0 Å². The molecule has 0 aliphatic carbocycles. The second kappa shape index (κ2) is 11.6. The lowest BCUT2D eigenvalue weighted by Crippen LogP contribution is -2.63. The Kier molecular flexibility index (Phi) is 8.31. The largest absolute Gasteiger partial charge is 0.466 e. The zero-order valence-electron chi connectivity index (χ0n) is 22.3. The summed E-state index contributed by atoms with van der Waals surface area (Å²) >= 11 is 0. The Hall–Kier alpha value is -3.92. The van der Waals surface area contributed by atoms with E-state index in [2.05, 4.69) is 20.8 Å². The van der Waals surface area contributed by atoms with Gasteiger partial charge in [-0.1, -0.05) is 69.3 Å². The van der Waals surface area contributed by atoms with Crippen molar-refractivity contribution in [1.29, 1.82) is 0 Å². The molecule has 3 aromatic rings. The van der Waals surface area contributed by atoms with Gasteiger partial charge in [0, 0.05) is 31.0 Å². The van der Waals surface area contributed by atoms with Crippen molar-refractivity contribution in [2.24, 2.45) is 5.92 Å². The smallest absolute Gasteiger partial charge is 0.347 e. The lowest BCUT2D eigenvalue weighted by atomic mass is 9.98. The Balaban J connectivity index is 1.57. The molecule has 1 fully saturated rings. The number of hydrogen-bond donors (Lipinski definition) is 1. The predicted molar refractivity (Wildman–Crippen MR) is 142 cm³/mol.